The molecule has 0 aliphatic carbocycles. The number of nitrogens with zero attached hydrogens (tertiary/aromatic N) is 2. The van der Waals surface area contributed by atoms with Crippen LogP contribution in [0.2, 0.25) is 0 Å². The predicted molar refractivity (Wildman–Crippen MR) is 83.7 cm³/mol. The van der Waals surface area contributed by atoms with E-state index in [0.717, 1.165) is 35.4 Å². The summed E-state index contributed by atoms with van der Waals surface area (Å²) in [7, 11) is 2.05. The summed E-state index contributed by atoms with van der Waals surface area (Å²) in [4.78, 5) is 4.68. The molecule has 0 saturated carbocycles. The number of benzene rings is 2. The first-order valence-corrected chi connectivity index (χ1v) is 6.90. The Morgan fingerprint density at radius 3 is 2.50 bits per heavy atom. The average molecular weight is 265 g/mol. The zero-order chi connectivity index (χ0) is 14.1. The zero-order valence-corrected chi connectivity index (χ0v) is 11.9. The minimum absolute atomic E-state index is 0.750. The molecule has 1 heterocycles. The summed E-state index contributed by atoms with van der Waals surface area (Å²) in [6, 6.07) is 14.6. The Bertz CT molecular complexity index is 739. The van der Waals surface area contributed by atoms with Crippen LogP contribution in [0.4, 0.5) is 5.69 Å². The van der Waals surface area contributed by atoms with Crippen molar-refractivity contribution in [2.24, 2.45) is 7.05 Å². The number of fused-ring (bicyclic) bond motifs is 1. The molecule has 3 aromatic rings. The van der Waals surface area contributed by atoms with Gasteiger partial charge in [-0.25, -0.2) is 4.98 Å². The summed E-state index contributed by atoms with van der Waals surface area (Å²) in [6.07, 6.45) is 1.92. The second-order valence-electron chi connectivity index (χ2n) is 5.29. The number of aromatic nitrogens is 2. The molecule has 3 nitrogen and oxygen atoms in total. The molecule has 0 bridgehead atoms. The van der Waals surface area contributed by atoms with Gasteiger partial charge in [0.2, 0.25) is 0 Å². The van der Waals surface area contributed by atoms with Gasteiger partial charge < -0.3 is 10.3 Å². The summed E-state index contributed by atoms with van der Waals surface area (Å²) < 4.78 is 2.14. The van der Waals surface area contributed by atoms with Gasteiger partial charge in [0.25, 0.3) is 0 Å². The summed E-state index contributed by atoms with van der Waals surface area (Å²) in [5, 5.41) is 0. The van der Waals surface area contributed by atoms with Gasteiger partial charge in [-0.3, -0.25) is 0 Å². The van der Waals surface area contributed by atoms with Crippen LogP contribution in [0.3, 0.4) is 0 Å². The van der Waals surface area contributed by atoms with Gasteiger partial charge >= 0.3 is 0 Å². The second-order valence-corrected chi connectivity index (χ2v) is 5.29. The standard InChI is InChI=1S/C17H19N3/c1-12-6-8-13(9-7-12)10-11-16-19-17-14(18)4-3-5-15(17)20(16)2/h3-9H,10-11,18H2,1-2H3. The first-order chi connectivity index (χ1) is 9.65. The van der Waals surface area contributed by atoms with E-state index in [1.54, 1.807) is 0 Å². The molecule has 0 amide bonds. The van der Waals surface area contributed by atoms with E-state index in [1.807, 2.05) is 12.1 Å². The number of rotatable bonds is 3. The van der Waals surface area contributed by atoms with Crippen molar-refractivity contribution in [2.75, 3.05) is 5.73 Å². The molecule has 3 heteroatoms. The fourth-order valence-electron chi connectivity index (χ4n) is 2.52. The van der Waals surface area contributed by atoms with Gasteiger partial charge in [0.15, 0.2) is 0 Å². The zero-order valence-electron chi connectivity index (χ0n) is 11.9. The van der Waals surface area contributed by atoms with E-state index in [9.17, 15) is 0 Å². The fourth-order valence-corrected chi connectivity index (χ4v) is 2.52. The van der Waals surface area contributed by atoms with E-state index in [2.05, 4.69) is 53.9 Å². The largest absolute Gasteiger partial charge is 0.397 e. The van der Waals surface area contributed by atoms with Gasteiger partial charge in [-0.2, -0.15) is 0 Å². The molecule has 20 heavy (non-hydrogen) atoms. The van der Waals surface area contributed by atoms with E-state index >= 15 is 0 Å². The van der Waals surface area contributed by atoms with Gasteiger partial charge in [-0.15, -0.1) is 0 Å². The van der Waals surface area contributed by atoms with Crippen LogP contribution < -0.4 is 5.73 Å². The topological polar surface area (TPSA) is 43.8 Å². The van der Waals surface area contributed by atoms with Gasteiger partial charge in [-0.1, -0.05) is 35.9 Å². The highest BCUT2D eigenvalue weighted by molar-refractivity contribution is 5.87. The molecule has 0 atom stereocenters. The van der Waals surface area contributed by atoms with Crippen LogP contribution in [0.15, 0.2) is 42.5 Å². The molecule has 0 radical (unpaired) electrons. The van der Waals surface area contributed by atoms with Crippen molar-refractivity contribution < 1.29 is 0 Å². The van der Waals surface area contributed by atoms with Crippen LogP contribution in [-0.4, -0.2) is 9.55 Å². The lowest BCUT2D eigenvalue weighted by Crippen LogP contribution is -2.00. The third kappa shape index (κ3) is 2.27. The number of hydrogen-bond acceptors (Lipinski definition) is 2. The highest BCUT2D eigenvalue weighted by Gasteiger charge is 2.09. The van der Waals surface area contributed by atoms with E-state index in [1.165, 1.54) is 11.1 Å². The van der Waals surface area contributed by atoms with Crippen molar-refractivity contribution in [1.29, 1.82) is 0 Å². The normalized spacial score (nSPS) is 11.1. The van der Waals surface area contributed by atoms with Crippen molar-refractivity contribution in [1.82, 2.24) is 9.55 Å². The maximum absolute atomic E-state index is 5.99. The fraction of sp³-hybridized carbons (Fsp3) is 0.235. The van der Waals surface area contributed by atoms with Crippen LogP contribution in [0.5, 0.6) is 0 Å². The highest BCUT2D eigenvalue weighted by atomic mass is 15.1. The van der Waals surface area contributed by atoms with E-state index < -0.39 is 0 Å². The van der Waals surface area contributed by atoms with Gasteiger partial charge in [0.1, 0.15) is 11.3 Å². The molecule has 0 aliphatic heterocycles. The lowest BCUT2D eigenvalue weighted by molar-refractivity contribution is 0.787. The van der Waals surface area contributed by atoms with Gasteiger partial charge in [-0.05, 0) is 31.0 Å². The second kappa shape index (κ2) is 5.00. The monoisotopic (exact) mass is 265 g/mol. The average Bonchev–Trinajstić information content (AvgIpc) is 2.77. The number of anilines is 1. The van der Waals surface area contributed by atoms with Crippen molar-refractivity contribution in [3.8, 4) is 0 Å². The molecule has 2 N–H and O–H groups in total. The highest BCUT2D eigenvalue weighted by Crippen LogP contribution is 2.21. The lowest BCUT2D eigenvalue weighted by atomic mass is 10.1. The SMILES string of the molecule is Cc1ccc(CCc2nc3c(N)cccc3n2C)cc1. The number of hydrogen-bond donors (Lipinski definition) is 1. The number of nitrogens with two attached hydrogens (primary N) is 1. The quantitative estimate of drug-likeness (QED) is 0.739. The third-order valence-corrected chi connectivity index (χ3v) is 3.79. The molecule has 2 aromatic carbocycles. The summed E-state index contributed by atoms with van der Waals surface area (Å²) in [6.45, 7) is 2.11. The Morgan fingerprint density at radius 2 is 1.80 bits per heavy atom. The van der Waals surface area contributed by atoms with E-state index in [0.29, 0.717) is 0 Å². The van der Waals surface area contributed by atoms with Crippen LogP contribution >= 0.6 is 0 Å². The smallest absolute Gasteiger partial charge is 0.112 e. The minimum atomic E-state index is 0.750. The molecule has 0 unspecified atom stereocenters. The summed E-state index contributed by atoms with van der Waals surface area (Å²) in [5.41, 5.74) is 11.4. The molecular weight excluding hydrogens is 246 g/mol. The molecule has 0 fully saturated rings. The number of imidazole rings is 1. The van der Waals surface area contributed by atoms with Crippen molar-refractivity contribution in [3.63, 3.8) is 0 Å². The van der Waals surface area contributed by atoms with Gasteiger partial charge in [0.05, 0.1) is 11.2 Å². The predicted octanol–water partition coefficient (Wildman–Crippen LogP) is 3.25. The van der Waals surface area contributed by atoms with Crippen molar-refractivity contribution in [2.45, 2.75) is 19.8 Å². The Labute approximate surface area is 119 Å². The van der Waals surface area contributed by atoms with Crippen LogP contribution in [0.1, 0.15) is 17.0 Å². The summed E-state index contributed by atoms with van der Waals surface area (Å²) in [5.74, 6) is 1.08. The Kier molecular flexibility index (Phi) is 3.18. The molecule has 102 valence electrons. The molecule has 3 rings (SSSR count). The molecule has 1 aromatic heterocycles. The van der Waals surface area contributed by atoms with Crippen LogP contribution in [-0.2, 0) is 19.9 Å². The van der Waals surface area contributed by atoms with Crippen molar-refractivity contribution >= 4 is 16.7 Å². The minimum Gasteiger partial charge on any atom is -0.397 e. The third-order valence-electron chi connectivity index (χ3n) is 3.79. The van der Waals surface area contributed by atoms with Crippen LogP contribution in [0, 0.1) is 6.92 Å². The summed E-state index contributed by atoms with van der Waals surface area (Å²) >= 11 is 0. The Balaban J connectivity index is 1.86. The molecular formula is C17H19N3. The molecule has 0 aliphatic rings. The van der Waals surface area contributed by atoms with Crippen LogP contribution in [0.25, 0.3) is 11.0 Å². The molecule has 0 spiro atoms. The number of aryl methyl sites for hydroxylation is 4. The Morgan fingerprint density at radius 1 is 1.05 bits per heavy atom. The first kappa shape index (κ1) is 12.7. The van der Waals surface area contributed by atoms with E-state index in [-0.39, 0.29) is 0 Å². The van der Waals surface area contributed by atoms with E-state index in [4.69, 9.17) is 5.73 Å². The van der Waals surface area contributed by atoms with Crippen molar-refractivity contribution in [3.05, 3.63) is 59.4 Å². The van der Waals surface area contributed by atoms with Gasteiger partial charge in [0, 0.05) is 13.5 Å². The maximum atomic E-state index is 5.99. The maximum Gasteiger partial charge on any atom is 0.112 e. The number of para-hydroxylation sites is 1. The first-order valence-electron chi connectivity index (χ1n) is 6.90. The molecule has 0 saturated heterocycles. The number of nitrogen functional groups attached to an aromatic ring is 1. The lowest BCUT2D eigenvalue weighted by Gasteiger charge is -2.03. The Hall–Kier alpha value is -2.29.